The number of carbonyl (C=O) groups is 1. The van der Waals surface area contributed by atoms with E-state index >= 15 is 0 Å². The molecule has 0 amide bonds. The molecule has 29 heavy (non-hydrogen) atoms. The van der Waals surface area contributed by atoms with E-state index in [2.05, 4.69) is 23.3 Å². The molecule has 6 nitrogen and oxygen atoms in total. The van der Waals surface area contributed by atoms with Gasteiger partial charge in [-0.15, -0.1) is 0 Å². The first kappa shape index (κ1) is 31.3. The molecular weight excluding hydrogens is 403 g/mol. The van der Waals surface area contributed by atoms with Crippen LogP contribution >= 0.6 is 0 Å². The third kappa shape index (κ3) is 26.0. The van der Waals surface area contributed by atoms with E-state index in [0.717, 1.165) is 32.1 Å². The Hall–Kier alpha value is 0.0800. The van der Waals surface area contributed by atoms with Gasteiger partial charge in [0, 0.05) is 0 Å². The van der Waals surface area contributed by atoms with Crippen LogP contribution in [0.3, 0.4) is 0 Å². The van der Waals surface area contributed by atoms with Crippen LogP contribution in [0.25, 0.3) is 0 Å². The maximum atomic E-state index is 11.6. The summed E-state index contributed by atoms with van der Waals surface area (Å²) < 4.78 is 38.5. The van der Waals surface area contributed by atoms with Crippen molar-refractivity contribution in [2.75, 3.05) is 6.61 Å². The van der Waals surface area contributed by atoms with Crippen molar-refractivity contribution in [2.24, 2.45) is 0 Å². The minimum absolute atomic E-state index is 0. The van der Waals surface area contributed by atoms with E-state index in [1.807, 2.05) is 6.42 Å². The van der Waals surface area contributed by atoms with Crippen LogP contribution in [0.5, 0.6) is 0 Å². The Morgan fingerprint density at radius 2 is 1.55 bits per heavy atom. The minimum atomic E-state index is -4.50. The summed E-state index contributed by atoms with van der Waals surface area (Å²) in [5.74, 6) is -0.427. The van der Waals surface area contributed by atoms with E-state index < -0.39 is 29.1 Å². The van der Waals surface area contributed by atoms with Crippen molar-refractivity contribution in [3.05, 3.63) is 18.6 Å². The van der Waals surface area contributed by atoms with Crippen molar-refractivity contribution in [2.45, 2.75) is 103 Å². The van der Waals surface area contributed by atoms with Crippen LogP contribution in [0.4, 0.5) is 0 Å². The predicted octanol–water partition coefficient (Wildman–Crippen LogP) is 2.59. The standard InChI is InChI=1S/C21H39O6S.Na/c1-3-4-5-6-7-8-9-10-11-12-13-14-15-16-17-18-21(22)27-20(2)19-26-28(23,24)25;/h10-11,17,20H,3-9,12-16,18-19H2,1-2H3,(H,23,24,25);/q-1;+1/b11-10-;. The molecule has 0 aliphatic heterocycles. The molecule has 0 aromatic carbocycles. The molecule has 0 saturated carbocycles. The van der Waals surface area contributed by atoms with Crippen molar-refractivity contribution in [1.82, 2.24) is 0 Å². The van der Waals surface area contributed by atoms with E-state index in [9.17, 15) is 13.2 Å². The average Bonchev–Trinajstić information content (AvgIpc) is 2.62. The van der Waals surface area contributed by atoms with Gasteiger partial charge < -0.3 is 11.2 Å². The number of hydrogen-bond acceptors (Lipinski definition) is 5. The second-order valence-electron chi connectivity index (χ2n) is 7.17. The Balaban J connectivity index is 0. The third-order valence-corrected chi connectivity index (χ3v) is 4.70. The minimum Gasteiger partial charge on any atom is -0.462 e. The van der Waals surface area contributed by atoms with Gasteiger partial charge in [0.1, 0.15) is 12.7 Å². The van der Waals surface area contributed by atoms with Crippen LogP contribution in [-0.2, 0) is 24.1 Å². The first-order valence-corrected chi connectivity index (χ1v) is 12.0. The van der Waals surface area contributed by atoms with E-state index in [1.54, 1.807) is 0 Å². The molecule has 1 N–H and O–H groups in total. The number of rotatable bonds is 19. The molecule has 0 aromatic heterocycles. The number of hydrogen-bond donors (Lipinski definition) is 1. The van der Waals surface area contributed by atoms with Gasteiger partial charge in [-0.3, -0.25) is 9.35 Å². The number of allylic oxidation sites excluding steroid dienone is 2. The average molecular weight is 443 g/mol. The Morgan fingerprint density at radius 1 is 1.00 bits per heavy atom. The van der Waals surface area contributed by atoms with Gasteiger partial charge in [0.25, 0.3) is 5.97 Å². The maximum Gasteiger partial charge on any atom is 1.00 e. The molecule has 0 fully saturated rings. The Bertz CT molecular complexity index is 507. The van der Waals surface area contributed by atoms with Crippen LogP contribution in [0.2, 0.25) is 0 Å². The smallest absolute Gasteiger partial charge is 0.462 e. The van der Waals surface area contributed by atoms with Crippen molar-refractivity contribution >= 4 is 16.4 Å². The maximum absolute atomic E-state index is 11.6. The molecular formula is C21H39NaO6S. The molecule has 8 heteroatoms. The Labute approximate surface area is 200 Å². The fourth-order valence-corrected chi connectivity index (χ4v) is 3.08. The topological polar surface area (TPSA) is 89.9 Å². The zero-order valence-electron chi connectivity index (χ0n) is 18.6. The molecule has 0 bridgehead atoms. The summed E-state index contributed by atoms with van der Waals surface area (Å²) in [6.45, 7) is 3.35. The summed E-state index contributed by atoms with van der Waals surface area (Å²) in [5, 5.41) is 0. The number of esters is 1. The fraction of sp³-hybridized carbons (Fsp3) is 0.810. The van der Waals surface area contributed by atoms with E-state index in [4.69, 9.17) is 9.29 Å². The molecule has 0 heterocycles. The molecule has 0 aliphatic carbocycles. The summed E-state index contributed by atoms with van der Waals surface area (Å²) in [6.07, 6.45) is 20.5. The van der Waals surface area contributed by atoms with Crippen molar-refractivity contribution in [3.63, 3.8) is 0 Å². The Kier molecular flexibility index (Phi) is 23.0. The van der Waals surface area contributed by atoms with Gasteiger partial charge in [0.05, 0.1) is 0 Å². The predicted molar refractivity (Wildman–Crippen MR) is 112 cm³/mol. The van der Waals surface area contributed by atoms with Gasteiger partial charge in [-0.2, -0.15) is 14.8 Å². The van der Waals surface area contributed by atoms with Crippen molar-refractivity contribution < 1.29 is 56.2 Å². The zero-order valence-corrected chi connectivity index (χ0v) is 21.4. The van der Waals surface area contributed by atoms with E-state index in [1.165, 1.54) is 51.9 Å². The summed E-state index contributed by atoms with van der Waals surface area (Å²) in [7, 11) is -4.50. The second-order valence-corrected chi connectivity index (χ2v) is 8.26. The molecule has 0 aromatic rings. The summed E-state index contributed by atoms with van der Waals surface area (Å²) in [6, 6.07) is 0. The van der Waals surface area contributed by atoms with Gasteiger partial charge in [0.2, 0.25) is 0 Å². The van der Waals surface area contributed by atoms with Crippen molar-refractivity contribution in [1.29, 1.82) is 0 Å². The number of ether oxygens (including phenoxy) is 1. The second kappa shape index (κ2) is 21.3. The van der Waals surface area contributed by atoms with E-state index in [-0.39, 0.29) is 36.0 Å². The molecule has 1 unspecified atom stereocenters. The van der Waals surface area contributed by atoms with Crippen LogP contribution in [0.1, 0.15) is 97.3 Å². The van der Waals surface area contributed by atoms with Gasteiger partial charge >= 0.3 is 40.0 Å². The first-order valence-electron chi connectivity index (χ1n) is 10.6. The zero-order chi connectivity index (χ0) is 21.1. The van der Waals surface area contributed by atoms with Gasteiger partial charge in [-0.1, -0.05) is 70.4 Å². The van der Waals surface area contributed by atoms with Crippen LogP contribution in [0, 0.1) is 6.42 Å². The summed E-state index contributed by atoms with van der Waals surface area (Å²) in [5.41, 5.74) is 0. The number of unbranched alkanes of at least 4 members (excludes halogenated alkanes) is 11. The van der Waals surface area contributed by atoms with Gasteiger partial charge in [0.15, 0.2) is 0 Å². The molecule has 0 radical (unpaired) electrons. The largest absolute Gasteiger partial charge is 1.00 e. The molecule has 0 saturated heterocycles. The quantitative estimate of drug-likeness (QED) is 0.0826. The molecule has 1 atom stereocenters. The summed E-state index contributed by atoms with van der Waals surface area (Å²) >= 11 is 0. The third-order valence-electron chi connectivity index (χ3n) is 4.27. The van der Waals surface area contributed by atoms with Crippen LogP contribution in [0.15, 0.2) is 12.2 Å². The molecule has 0 aliphatic rings. The fourth-order valence-electron chi connectivity index (χ4n) is 2.71. The van der Waals surface area contributed by atoms with E-state index in [0.29, 0.717) is 0 Å². The van der Waals surface area contributed by atoms with Gasteiger partial charge in [-0.05, 0) is 32.6 Å². The van der Waals surface area contributed by atoms with Crippen molar-refractivity contribution in [3.8, 4) is 0 Å². The molecule has 166 valence electrons. The summed E-state index contributed by atoms with van der Waals surface area (Å²) in [4.78, 5) is 11.6. The molecule has 0 rings (SSSR count). The normalized spacial score (nSPS) is 12.7. The number of carbonyl (C=O) groups excluding carboxylic acids is 1. The molecule has 0 spiro atoms. The first-order chi connectivity index (χ1) is 13.3. The SMILES string of the molecule is CCCCCCCC/C=C\CCCCC[CH-]CC(=O)OC(C)COS(=O)(=O)O.[Na+]. The van der Waals surface area contributed by atoms with Crippen LogP contribution in [-0.4, -0.2) is 31.7 Å². The van der Waals surface area contributed by atoms with Gasteiger partial charge in [-0.25, -0.2) is 4.18 Å². The monoisotopic (exact) mass is 442 g/mol. The Morgan fingerprint density at radius 3 is 2.14 bits per heavy atom. The van der Waals surface area contributed by atoms with Crippen LogP contribution < -0.4 is 29.6 Å².